The summed E-state index contributed by atoms with van der Waals surface area (Å²) in [6.45, 7) is 3.69. The Morgan fingerprint density at radius 2 is 2.07 bits per heavy atom. The van der Waals surface area contributed by atoms with E-state index in [2.05, 4.69) is 20.2 Å². The number of aliphatic imine (C=N–C) groups is 1. The van der Waals surface area contributed by atoms with Crippen LogP contribution in [0.5, 0.6) is 11.5 Å². The lowest BCUT2D eigenvalue weighted by molar-refractivity contribution is 0.323. The average Bonchev–Trinajstić information content (AvgIpc) is 3.54. The SMILES string of the molecule is C1=NC2=CN2C1.CNc1ccc(C)nc1N.Oc1cccc2c1C1(CC1)CO2. The average molecular weight is 379 g/mol. The van der Waals surface area contributed by atoms with Crippen LogP contribution in [-0.4, -0.2) is 41.4 Å². The number of hydrogen-bond donors (Lipinski definition) is 3. The molecule has 1 aromatic heterocycles. The van der Waals surface area contributed by atoms with Crippen LogP contribution >= 0.6 is 0 Å². The maximum Gasteiger partial charge on any atom is 0.149 e. The molecule has 0 unspecified atom stereocenters. The lowest BCUT2D eigenvalue weighted by atomic mass is 9.98. The maximum atomic E-state index is 9.63. The molecule has 3 aliphatic heterocycles. The standard InChI is InChI=1S/C10H10O2.C7H11N3.C4H4N2/c11-7-2-1-3-8-9(7)10(4-5-10)6-12-8;1-5-3-4-6(9-2)7(8)10-5;1-2-6-3-4(6)5-1/h1-3,11H,4-6H2;3-4,9H,1-2H3,(H2,8,10);1,3H,2H2. The summed E-state index contributed by atoms with van der Waals surface area (Å²) >= 11 is 0. The van der Waals surface area contributed by atoms with Gasteiger partial charge >= 0.3 is 0 Å². The number of benzene rings is 1. The molecule has 146 valence electrons. The van der Waals surface area contributed by atoms with Crippen LogP contribution < -0.4 is 15.8 Å². The monoisotopic (exact) mass is 379 g/mol. The quantitative estimate of drug-likeness (QED) is 0.705. The van der Waals surface area contributed by atoms with Gasteiger partial charge in [0, 0.05) is 36.1 Å². The lowest BCUT2D eigenvalue weighted by Crippen LogP contribution is -2.07. The molecule has 0 bridgehead atoms. The number of anilines is 2. The molecule has 4 heterocycles. The molecule has 0 amide bonds. The number of aromatic hydroxyl groups is 1. The van der Waals surface area contributed by atoms with Gasteiger partial charge < -0.3 is 25.8 Å². The summed E-state index contributed by atoms with van der Waals surface area (Å²) in [5.74, 6) is 2.99. The Balaban J connectivity index is 0.000000108. The Morgan fingerprint density at radius 3 is 2.61 bits per heavy atom. The van der Waals surface area contributed by atoms with E-state index in [9.17, 15) is 5.11 Å². The Morgan fingerprint density at radius 1 is 1.25 bits per heavy atom. The smallest absolute Gasteiger partial charge is 0.149 e. The Bertz CT molecular complexity index is 950. The zero-order valence-electron chi connectivity index (χ0n) is 16.1. The van der Waals surface area contributed by atoms with Crippen molar-refractivity contribution in [2.45, 2.75) is 25.2 Å². The van der Waals surface area contributed by atoms with Crippen molar-refractivity contribution >= 4 is 17.7 Å². The van der Waals surface area contributed by atoms with Gasteiger partial charge in [-0.3, -0.25) is 0 Å². The molecule has 1 saturated carbocycles. The highest BCUT2D eigenvalue weighted by atomic mass is 16.5. The third-order valence-corrected chi connectivity index (χ3v) is 5.23. The Labute approximate surface area is 164 Å². The molecule has 1 fully saturated rings. The second-order valence-electron chi connectivity index (χ2n) is 7.31. The predicted octanol–water partition coefficient (Wildman–Crippen LogP) is 3.02. The lowest BCUT2D eigenvalue weighted by Gasteiger charge is -2.04. The summed E-state index contributed by atoms with van der Waals surface area (Å²) < 4.78 is 5.50. The number of nitrogens with two attached hydrogens (primary N) is 1. The van der Waals surface area contributed by atoms with E-state index < -0.39 is 0 Å². The number of ether oxygens (including phenoxy) is 1. The number of nitrogen functional groups attached to an aromatic ring is 1. The summed E-state index contributed by atoms with van der Waals surface area (Å²) in [5.41, 5.74) is 8.62. The molecule has 7 nitrogen and oxygen atoms in total. The van der Waals surface area contributed by atoms with Crippen molar-refractivity contribution in [3.05, 3.63) is 53.6 Å². The van der Waals surface area contributed by atoms with Crippen molar-refractivity contribution in [1.82, 2.24) is 9.88 Å². The van der Waals surface area contributed by atoms with Gasteiger partial charge in [0.05, 0.1) is 18.8 Å². The Kier molecular flexibility index (Phi) is 4.58. The number of aryl methyl sites for hydroxylation is 1. The number of nitrogens with zero attached hydrogens (tertiary/aromatic N) is 3. The fourth-order valence-electron chi connectivity index (χ4n) is 3.38. The molecule has 0 saturated heterocycles. The summed E-state index contributed by atoms with van der Waals surface area (Å²) in [4.78, 5) is 10.1. The molecule has 1 spiro atoms. The van der Waals surface area contributed by atoms with Gasteiger partial charge in [0.25, 0.3) is 0 Å². The number of phenols is 1. The fraction of sp³-hybridized carbons (Fsp3) is 0.333. The van der Waals surface area contributed by atoms with Crippen LogP contribution in [0.2, 0.25) is 0 Å². The first-order chi connectivity index (χ1) is 13.5. The molecule has 1 aliphatic carbocycles. The molecule has 2 aromatic rings. The van der Waals surface area contributed by atoms with Gasteiger partial charge in [0.1, 0.15) is 23.1 Å². The van der Waals surface area contributed by atoms with E-state index >= 15 is 0 Å². The number of nitrogens with one attached hydrogen (secondary N) is 1. The topological polar surface area (TPSA) is 95.8 Å². The van der Waals surface area contributed by atoms with Crippen LogP contribution in [0.3, 0.4) is 0 Å². The van der Waals surface area contributed by atoms with E-state index in [-0.39, 0.29) is 5.41 Å². The van der Waals surface area contributed by atoms with Gasteiger partial charge in [0.2, 0.25) is 0 Å². The third-order valence-electron chi connectivity index (χ3n) is 5.23. The van der Waals surface area contributed by atoms with Gasteiger partial charge in [0.15, 0.2) is 0 Å². The molecular formula is C21H25N5O2. The summed E-state index contributed by atoms with van der Waals surface area (Å²) in [6.07, 6.45) is 6.27. The van der Waals surface area contributed by atoms with Crippen molar-refractivity contribution in [3.63, 3.8) is 0 Å². The molecule has 4 N–H and O–H groups in total. The largest absolute Gasteiger partial charge is 0.508 e. The van der Waals surface area contributed by atoms with Crippen molar-refractivity contribution in [3.8, 4) is 11.5 Å². The first-order valence-corrected chi connectivity index (χ1v) is 9.39. The zero-order chi connectivity index (χ0) is 19.7. The minimum atomic E-state index is 0.195. The van der Waals surface area contributed by atoms with E-state index in [1.807, 2.05) is 50.7 Å². The number of pyridine rings is 1. The molecule has 28 heavy (non-hydrogen) atoms. The Hall–Kier alpha value is -3.22. The van der Waals surface area contributed by atoms with Gasteiger partial charge in [-0.15, -0.1) is 0 Å². The van der Waals surface area contributed by atoms with Gasteiger partial charge in [-0.1, -0.05) is 6.07 Å². The summed E-state index contributed by atoms with van der Waals surface area (Å²) in [6, 6.07) is 9.34. The van der Waals surface area contributed by atoms with E-state index in [1.54, 1.807) is 6.07 Å². The second kappa shape index (κ2) is 7.07. The van der Waals surface area contributed by atoms with E-state index in [4.69, 9.17) is 10.5 Å². The van der Waals surface area contributed by atoms with E-state index in [0.29, 0.717) is 11.6 Å². The number of rotatable bonds is 1. The highest BCUT2D eigenvalue weighted by Gasteiger charge is 2.52. The fourth-order valence-corrected chi connectivity index (χ4v) is 3.38. The first-order valence-electron chi connectivity index (χ1n) is 9.39. The van der Waals surface area contributed by atoms with Crippen LogP contribution in [0.4, 0.5) is 11.5 Å². The van der Waals surface area contributed by atoms with Crippen LogP contribution in [0.15, 0.2) is 47.3 Å². The number of fused-ring (bicyclic) bond motifs is 3. The zero-order valence-corrected chi connectivity index (χ0v) is 16.1. The molecule has 0 radical (unpaired) electrons. The van der Waals surface area contributed by atoms with Crippen LogP contribution in [0.25, 0.3) is 0 Å². The molecule has 1 aromatic carbocycles. The minimum Gasteiger partial charge on any atom is -0.508 e. The normalized spacial score (nSPS) is 17.9. The van der Waals surface area contributed by atoms with Crippen LogP contribution in [-0.2, 0) is 5.41 Å². The molecule has 7 heteroatoms. The van der Waals surface area contributed by atoms with Crippen molar-refractivity contribution in [1.29, 1.82) is 0 Å². The third kappa shape index (κ3) is 3.60. The van der Waals surface area contributed by atoms with Crippen molar-refractivity contribution in [2.24, 2.45) is 4.99 Å². The van der Waals surface area contributed by atoms with E-state index in [0.717, 1.165) is 54.5 Å². The van der Waals surface area contributed by atoms with Gasteiger partial charge in [-0.05, 0) is 44.0 Å². The molecule has 6 rings (SSSR count). The molecular weight excluding hydrogens is 354 g/mol. The minimum absolute atomic E-state index is 0.195. The van der Waals surface area contributed by atoms with Crippen LogP contribution in [0.1, 0.15) is 24.1 Å². The summed E-state index contributed by atoms with van der Waals surface area (Å²) in [5, 5.41) is 12.6. The first kappa shape index (κ1) is 18.2. The van der Waals surface area contributed by atoms with Gasteiger partial charge in [-0.25, -0.2) is 9.98 Å². The van der Waals surface area contributed by atoms with Crippen molar-refractivity contribution < 1.29 is 9.84 Å². The number of phenolic OH excluding ortho intramolecular Hbond substituents is 1. The maximum absolute atomic E-state index is 9.63. The molecule has 4 aliphatic rings. The highest BCUT2D eigenvalue weighted by Crippen LogP contribution is 2.58. The van der Waals surface area contributed by atoms with Gasteiger partial charge in [-0.2, -0.15) is 0 Å². The number of hydrogen-bond acceptors (Lipinski definition) is 7. The second-order valence-corrected chi connectivity index (χ2v) is 7.31. The van der Waals surface area contributed by atoms with Crippen LogP contribution in [0, 0.1) is 6.92 Å². The highest BCUT2D eigenvalue weighted by molar-refractivity contribution is 5.68. The molecule has 0 atom stereocenters. The number of aromatic nitrogens is 1. The summed E-state index contributed by atoms with van der Waals surface area (Å²) in [7, 11) is 1.82. The van der Waals surface area contributed by atoms with Crippen molar-refractivity contribution in [2.75, 3.05) is 31.2 Å². The van der Waals surface area contributed by atoms with E-state index in [1.165, 1.54) is 0 Å². The predicted molar refractivity (Wildman–Crippen MR) is 111 cm³/mol.